The quantitative estimate of drug-likeness (QED) is 0.862. The number of aromatic nitrogens is 1. The molecule has 2 aromatic rings. The van der Waals surface area contributed by atoms with Crippen LogP contribution >= 0.6 is 0 Å². The van der Waals surface area contributed by atoms with Crippen molar-refractivity contribution >= 4 is 28.6 Å². The lowest BCUT2D eigenvalue weighted by atomic mass is 9.99. The molecule has 3 N–H and O–H groups in total. The van der Waals surface area contributed by atoms with Crippen molar-refractivity contribution in [2.24, 2.45) is 11.7 Å². The Bertz CT molecular complexity index is 708. The molecule has 102 valence electrons. The van der Waals surface area contributed by atoms with Gasteiger partial charge in [0.25, 0.3) is 5.91 Å². The molecule has 1 aromatic carbocycles. The van der Waals surface area contributed by atoms with Gasteiger partial charge in [0, 0.05) is 18.5 Å². The van der Waals surface area contributed by atoms with Crippen LogP contribution in [0.25, 0.3) is 10.9 Å². The molecule has 0 unspecified atom stereocenters. The molecule has 1 aliphatic heterocycles. The van der Waals surface area contributed by atoms with Gasteiger partial charge in [-0.3, -0.25) is 9.59 Å². The zero-order chi connectivity index (χ0) is 14.3. The third-order valence-electron chi connectivity index (χ3n) is 3.50. The number of pyridine rings is 1. The van der Waals surface area contributed by atoms with E-state index in [0.29, 0.717) is 24.5 Å². The predicted molar refractivity (Wildman–Crippen MR) is 73.6 cm³/mol. The van der Waals surface area contributed by atoms with Gasteiger partial charge in [-0.25, -0.2) is 4.98 Å². The first kappa shape index (κ1) is 12.4. The van der Waals surface area contributed by atoms with Gasteiger partial charge < -0.3 is 15.7 Å². The van der Waals surface area contributed by atoms with Gasteiger partial charge in [-0.05, 0) is 12.1 Å². The van der Waals surface area contributed by atoms with Crippen molar-refractivity contribution in [3.8, 4) is 0 Å². The molecule has 0 aliphatic carbocycles. The topological polar surface area (TPSA) is 96.5 Å². The lowest BCUT2D eigenvalue weighted by Crippen LogP contribution is -2.51. The molecule has 3 rings (SSSR count). The summed E-state index contributed by atoms with van der Waals surface area (Å²) in [7, 11) is 0. The summed E-state index contributed by atoms with van der Waals surface area (Å²) in [4.78, 5) is 28.6. The fraction of sp³-hybridized carbons (Fsp3) is 0.214. The first-order valence-electron chi connectivity index (χ1n) is 6.23. The molecule has 0 spiro atoms. The number of benzene rings is 1. The predicted octanol–water partition coefficient (Wildman–Crippen LogP) is 0.855. The number of aliphatic carboxylic acids is 1. The van der Waals surface area contributed by atoms with Gasteiger partial charge in [0.15, 0.2) is 0 Å². The summed E-state index contributed by atoms with van der Waals surface area (Å²) in [5, 5.41) is 9.74. The minimum absolute atomic E-state index is 0.326. The number of amides is 1. The third-order valence-corrected chi connectivity index (χ3v) is 3.50. The van der Waals surface area contributed by atoms with Crippen LogP contribution in [0.15, 0.2) is 30.3 Å². The number of carbonyl (C=O) groups excluding carboxylic acids is 1. The van der Waals surface area contributed by atoms with Crippen LogP contribution in [0.2, 0.25) is 0 Å². The van der Waals surface area contributed by atoms with E-state index in [1.807, 2.05) is 24.3 Å². The van der Waals surface area contributed by atoms with E-state index in [4.69, 9.17) is 10.8 Å². The molecule has 6 nitrogen and oxygen atoms in total. The molecule has 1 saturated heterocycles. The Morgan fingerprint density at radius 1 is 1.30 bits per heavy atom. The largest absolute Gasteiger partial charge is 0.481 e. The second-order valence-corrected chi connectivity index (χ2v) is 4.86. The first-order valence-corrected chi connectivity index (χ1v) is 6.23. The minimum Gasteiger partial charge on any atom is -0.481 e. The summed E-state index contributed by atoms with van der Waals surface area (Å²) in [5.41, 5.74) is 6.48. The van der Waals surface area contributed by atoms with Crippen LogP contribution in [0.3, 0.4) is 0 Å². The highest BCUT2D eigenvalue weighted by atomic mass is 16.4. The number of hydrogen-bond acceptors (Lipinski definition) is 4. The van der Waals surface area contributed by atoms with Crippen LogP contribution in [0, 0.1) is 5.92 Å². The number of para-hydroxylation sites is 1. The van der Waals surface area contributed by atoms with Gasteiger partial charge in [-0.15, -0.1) is 0 Å². The van der Waals surface area contributed by atoms with Crippen molar-refractivity contribution in [2.45, 2.75) is 0 Å². The Labute approximate surface area is 114 Å². The van der Waals surface area contributed by atoms with Gasteiger partial charge in [0.05, 0.1) is 17.0 Å². The Morgan fingerprint density at radius 2 is 2.00 bits per heavy atom. The number of carboxylic acids is 1. The molecule has 0 bridgehead atoms. The second-order valence-electron chi connectivity index (χ2n) is 4.86. The molecule has 0 saturated carbocycles. The number of carbonyl (C=O) groups is 2. The van der Waals surface area contributed by atoms with Crippen molar-refractivity contribution in [1.29, 1.82) is 0 Å². The van der Waals surface area contributed by atoms with E-state index in [9.17, 15) is 9.59 Å². The van der Waals surface area contributed by atoms with Crippen molar-refractivity contribution in [2.75, 3.05) is 18.0 Å². The number of nitrogens with two attached hydrogens (primary N) is 1. The smallest absolute Gasteiger partial charge is 0.310 e. The van der Waals surface area contributed by atoms with E-state index in [0.717, 1.165) is 10.9 Å². The highest BCUT2D eigenvalue weighted by Crippen LogP contribution is 2.29. The fourth-order valence-electron chi connectivity index (χ4n) is 2.34. The lowest BCUT2D eigenvalue weighted by molar-refractivity contribution is -0.142. The van der Waals surface area contributed by atoms with Crippen LogP contribution in [-0.4, -0.2) is 35.1 Å². The average molecular weight is 271 g/mol. The molecular weight excluding hydrogens is 258 g/mol. The van der Waals surface area contributed by atoms with Crippen LogP contribution in [0.5, 0.6) is 0 Å². The zero-order valence-electron chi connectivity index (χ0n) is 10.6. The van der Waals surface area contributed by atoms with Gasteiger partial charge in [-0.1, -0.05) is 18.2 Å². The Hall–Kier alpha value is -2.63. The molecule has 0 radical (unpaired) electrons. The van der Waals surface area contributed by atoms with E-state index < -0.39 is 17.8 Å². The highest BCUT2D eigenvalue weighted by molar-refractivity contribution is 6.01. The van der Waals surface area contributed by atoms with Crippen LogP contribution in [-0.2, 0) is 4.79 Å². The molecule has 1 amide bonds. The standard InChI is InChI=1S/C14H13N3O3/c15-12(18)10-5-8-3-1-2-4-11(8)16-13(10)17-6-9(7-17)14(19)20/h1-5,9H,6-7H2,(H2,15,18)(H,19,20). The van der Waals surface area contributed by atoms with Crippen molar-refractivity contribution in [1.82, 2.24) is 4.98 Å². The molecule has 20 heavy (non-hydrogen) atoms. The van der Waals surface area contributed by atoms with Crippen molar-refractivity contribution in [3.05, 3.63) is 35.9 Å². The molecular formula is C14H13N3O3. The van der Waals surface area contributed by atoms with E-state index in [1.54, 1.807) is 11.0 Å². The highest BCUT2D eigenvalue weighted by Gasteiger charge is 2.35. The van der Waals surface area contributed by atoms with E-state index in [-0.39, 0.29) is 0 Å². The second kappa shape index (κ2) is 4.48. The molecule has 6 heteroatoms. The SMILES string of the molecule is NC(=O)c1cc2ccccc2nc1N1CC(C(=O)O)C1. The van der Waals surface area contributed by atoms with E-state index in [1.165, 1.54) is 0 Å². The number of hydrogen-bond donors (Lipinski definition) is 2. The maximum atomic E-state index is 11.6. The normalized spacial score (nSPS) is 15.1. The summed E-state index contributed by atoms with van der Waals surface area (Å²) in [6.45, 7) is 0.696. The number of primary amides is 1. The fourth-order valence-corrected chi connectivity index (χ4v) is 2.34. The molecule has 0 atom stereocenters. The maximum Gasteiger partial charge on any atom is 0.310 e. The molecule has 1 aromatic heterocycles. The average Bonchev–Trinajstić information content (AvgIpc) is 2.35. The van der Waals surface area contributed by atoms with Crippen LogP contribution < -0.4 is 10.6 Å². The van der Waals surface area contributed by atoms with Crippen molar-refractivity contribution < 1.29 is 14.7 Å². The Morgan fingerprint density at radius 3 is 2.65 bits per heavy atom. The number of rotatable bonds is 3. The summed E-state index contributed by atoms with van der Waals surface area (Å²) < 4.78 is 0. The molecule has 1 aliphatic rings. The van der Waals surface area contributed by atoms with Crippen molar-refractivity contribution in [3.63, 3.8) is 0 Å². The number of carboxylic acid groups (broad SMARTS) is 1. The zero-order valence-corrected chi connectivity index (χ0v) is 10.6. The third kappa shape index (κ3) is 1.95. The van der Waals surface area contributed by atoms with E-state index in [2.05, 4.69) is 4.98 Å². The number of fused-ring (bicyclic) bond motifs is 1. The van der Waals surface area contributed by atoms with Gasteiger partial charge >= 0.3 is 5.97 Å². The Balaban J connectivity index is 2.03. The van der Waals surface area contributed by atoms with Gasteiger partial charge in [0.1, 0.15) is 5.82 Å². The molecule has 2 heterocycles. The minimum atomic E-state index is -0.831. The molecule has 1 fully saturated rings. The summed E-state index contributed by atoms with van der Waals surface area (Å²) >= 11 is 0. The van der Waals surface area contributed by atoms with Crippen LogP contribution in [0.4, 0.5) is 5.82 Å². The van der Waals surface area contributed by atoms with Crippen LogP contribution in [0.1, 0.15) is 10.4 Å². The number of nitrogens with zero attached hydrogens (tertiary/aromatic N) is 2. The van der Waals surface area contributed by atoms with E-state index >= 15 is 0 Å². The van der Waals surface area contributed by atoms with Gasteiger partial charge in [-0.2, -0.15) is 0 Å². The number of anilines is 1. The lowest BCUT2D eigenvalue weighted by Gasteiger charge is -2.38. The Kier molecular flexibility index (Phi) is 2.78. The van der Waals surface area contributed by atoms with Gasteiger partial charge in [0.2, 0.25) is 0 Å². The first-order chi connectivity index (χ1) is 9.56. The summed E-state index contributed by atoms with van der Waals surface area (Å²) in [6, 6.07) is 9.12. The maximum absolute atomic E-state index is 11.6. The summed E-state index contributed by atoms with van der Waals surface area (Å²) in [6.07, 6.45) is 0. The summed E-state index contributed by atoms with van der Waals surface area (Å²) in [5.74, 6) is -1.34. The monoisotopic (exact) mass is 271 g/mol.